The van der Waals surface area contributed by atoms with Gasteiger partial charge in [0.25, 0.3) is 11.8 Å². The molecule has 11 heteroatoms. The number of ether oxygens (including phenoxy) is 2. The third-order valence-electron chi connectivity index (χ3n) is 10.6. The highest BCUT2D eigenvalue weighted by molar-refractivity contribution is 7.84. The van der Waals surface area contributed by atoms with E-state index in [0.29, 0.717) is 43.2 Å². The Balaban J connectivity index is 1.45. The number of carbonyl (C=O) groups is 2. The normalized spacial score (nSPS) is 20.1. The van der Waals surface area contributed by atoms with E-state index in [1.165, 1.54) is 24.8 Å². The average molecular weight is 712 g/mol. The van der Waals surface area contributed by atoms with Crippen molar-refractivity contribution in [3.8, 4) is 17.0 Å². The fraction of sp³-hybridized carbons (Fsp3) is 0.475. The van der Waals surface area contributed by atoms with E-state index in [4.69, 9.17) is 14.6 Å². The molecule has 51 heavy (non-hydrogen) atoms. The standard InChI is InChI=1S/C40H49N5O5S/c1-7-45-37(34(20-41-45)40(47)43-21-25(4)50-26(5)22-43)30-17-29-18-31(49-6)14-16-32(29)38-36(27-11-9-8-10-12-27)33-15-13-28(19-35(33)44(38)23-30)39(46)42-51(48)24(2)3/h13-20,24-27H,7-12,21-23H2,1-6H3,(H,42,46)/t25-,26+,51?. The number of amides is 2. The number of hydrogen-bond donors (Lipinski definition) is 1. The summed E-state index contributed by atoms with van der Waals surface area (Å²) in [5.41, 5.74) is 8.23. The number of morpholine rings is 1. The van der Waals surface area contributed by atoms with Crippen molar-refractivity contribution in [3.63, 3.8) is 0 Å². The first-order valence-corrected chi connectivity index (χ1v) is 19.6. The molecule has 7 rings (SSSR count). The summed E-state index contributed by atoms with van der Waals surface area (Å²) in [5.74, 6) is 0.701. The maximum absolute atomic E-state index is 14.3. The third-order valence-corrected chi connectivity index (χ3v) is 11.8. The highest BCUT2D eigenvalue weighted by Crippen LogP contribution is 2.48. The molecular formula is C40H49N5O5S. The lowest BCUT2D eigenvalue weighted by Crippen LogP contribution is -2.48. The van der Waals surface area contributed by atoms with Crippen LogP contribution in [-0.4, -0.2) is 72.9 Å². The lowest BCUT2D eigenvalue weighted by Gasteiger charge is -2.35. The lowest BCUT2D eigenvalue weighted by atomic mass is 9.81. The minimum absolute atomic E-state index is 0.0553. The van der Waals surface area contributed by atoms with Gasteiger partial charge in [-0.25, -0.2) is 4.21 Å². The number of hydrogen-bond acceptors (Lipinski definition) is 6. The van der Waals surface area contributed by atoms with Crippen LogP contribution in [0.5, 0.6) is 5.75 Å². The van der Waals surface area contributed by atoms with Gasteiger partial charge < -0.3 is 18.9 Å². The number of aryl methyl sites for hydroxylation is 1. The van der Waals surface area contributed by atoms with Gasteiger partial charge >= 0.3 is 0 Å². The van der Waals surface area contributed by atoms with Crippen LogP contribution in [0.4, 0.5) is 0 Å². The van der Waals surface area contributed by atoms with Crippen LogP contribution in [0.25, 0.3) is 33.8 Å². The van der Waals surface area contributed by atoms with Gasteiger partial charge in [0.05, 0.1) is 49.0 Å². The van der Waals surface area contributed by atoms with E-state index in [1.54, 1.807) is 13.3 Å². The van der Waals surface area contributed by atoms with E-state index in [1.807, 2.05) is 62.4 Å². The molecule has 3 atom stereocenters. The molecule has 1 aliphatic carbocycles. The van der Waals surface area contributed by atoms with Crippen molar-refractivity contribution >= 4 is 45.4 Å². The number of aromatic nitrogens is 3. The summed E-state index contributed by atoms with van der Waals surface area (Å²) in [6.07, 6.45) is 9.58. The summed E-state index contributed by atoms with van der Waals surface area (Å²) in [6.45, 7) is 11.8. The van der Waals surface area contributed by atoms with E-state index < -0.39 is 11.0 Å². The first-order chi connectivity index (χ1) is 24.6. The minimum atomic E-state index is -1.50. The summed E-state index contributed by atoms with van der Waals surface area (Å²) in [6, 6.07) is 12.1. The molecule has 0 bridgehead atoms. The Kier molecular flexibility index (Phi) is 9.95. The second-order valence-electron chi connectivity index (χ2n) is 14.5. The van der Waals surface area contributed by atoms with Gasteiger partial charge in [0.2, 0.25) is 0 Å². The first-order valence-electron chi connectivity index (χ1n) is 18.3. The van der Waals surface area contributed by atoms with E-state index in [2.05, 4.69) is 33.6 Å². The monoisotopic (exact) mass is 711 g/mol. The molecule has 1 N–H and O–H groups in total. The second-order valence-corrected chi connectivity index (χ2v) is 16.2. The summed E-state index contributed by atoms with van der Waals surface area (Å²) in [7, 11) is 0.183. The number of nitrogens with zero attached hydrogens (tertiary/aromatic N) is 4. The molecule has 2 aliphatic heterocycles. The van der Waals surface area contributed by atoms with Crippen molar-refractivity contribution in [1.29, 1.82) is 0 Å². The molecule has 2 aromatic heterocycles. The van der Waals surface area contributed by atoms with Gasteiger partial charge in [-0.1, -0.05) is 25.3 Å². The van der Waals surface area contributed by atoms with E-state index in [9.17, 15) is 13.8 Å². The van der Waals surface area contributed by atoms with E-state index in [-0.39, 0.29) is 29.3 Å². The Morgan fingerprint density at radius 2 is 1.78 bits per heavy atom. The molecular weight excluding hydrogens is 663 g/mol. The molecule has 2 amide bonds. The van der Waals surface area contributed by atoms with E-state index in [0.717, 1.165) is 57.6 Å². The van der Waals surface area contributed by atoms with Crippen LogP contribution in [0.3, 0.4) is 0 Å². The highest BCUT2D eigenvalue weighted by atomic mass is 32.2. The number of rotatable bonds is 8. The van der Waals surface area contributed by atoms with Crippen LogP contribution in [0.1, 0.15) is 110 Å². The van der Waals surface area contributed by atoms with E-state index >= 15 is 0 Å². The number of nitrogens with one attached hydrogen (secondary N) is 1. The molecule has 10 nitrogen and oxygen atoms in total. The largest absolute Gasteiger partial charge is 0.497 e. The molecule has 2 fully saturated rings. The maximum Gasteiger partial charge on any atom is 0.263 e. The number of allylic oxidation sites excluding steroid dienone is 1. The fourth-order valence-electron chi connectivity index (χ4n) is 8.23. The molecule has 270 valence electrons. The molecule has 4 heterocycles. The zero-order valence-corrected chi connectivity index (χ0v) is 31.3. The fourth-order valence-corrected chi connectivity index (χ4v) is 8.77. The van der Waals surface area contributed by atoms with Crippen LogP contribution in [0, 0.1) is 0 Å². The molecule has 2 aromatic carbocycles. The minimum Gasteiger partial charge on any atom is -0.497 e. The first kappa shape index (κ1) is 35.2. The van der Waals surface area contributed by atoms with Crippen molar-refractivity contribution in [1.82, 2.24) is 24.0 Å². The van der Waals surface area contributed by atoms with Crippen LogP contribution in [-0.2, 0) is 28.8 Å². The predicted molar refractivity (Wildman–Crippen MR) is 202 cm³/mol. The third kappa shape index (κ3) is 6.66. The van der Waals surface area contributed by atoms with Gasteiger partial charge in [-0.15, -0.1) is 0 Å². The smallest absolute Gasteiger partial charge is 0.263 e. The summed E-state index contributed by atoms with van der Waals surface area (Å²) < 4.78 is 31.3. The molecule has 0 spiro atoms. The molecule has 0 radical (unpaired) electrons. The zero-order chi connectivity index (χ0) is 36.0. The molecule has 1 saturated carbocycles. The Hall–Kier alpha value is -4.22. The second kappa shape index (κ2) is 14.4. The van der Waals surface area contributed by atoms with Gasteiger partial charge in [0.15, 0.2) is 0 Å². The number of methoxy groups -OCH3 is 1. The van der Waals surface area contributed by atoms with Crippen molar-refractivity contribution in [2.75, 3.05) is 20.2 Å². The number of carbonyl (C=O) groups excluding carboxylic acids is 2. The topological polar surface area (TPSA) is 108 Å². The Morgan fingerprint density at radius 1 is 1.04 bits per heavy atom. The Labute approximate surface area is 302 Å². The van der Waals surface area contributed by atoms with Crippen LogP contribution < -0.4 is 9.46 Å². The SMILES string of the molecule is CCn1ncc(C(=O)N2C[C@@H](C)O[C@@H](C)C2)c1C1=Cc2cc(OC)ccc2-c2c(C3CCCCC3)c3ccc(C(=O)NS(=O)C(C)C)cc3n2C1. The quantitative estimate of drug-likeness (QED) is 0.208. The highest BCUT2D eigenvalue weighted by Gasteiger charge is 2.34. The summed E-state index contributed by atoms with van der Waals surface area (Å²) in [5, 5.41) is 5.66. The zero-order valence-electron chi connectivity index (χ0n) is 30.5. The van der Waals surface area contributed by atoms with Crippen molar-refractivity contribution in [2.45, 2.75) is 103 Å². The van der Waals surface area contributed by atoms with Crippen LogP contribution in [0.15, 0.2) is 42.6 Å². The van der Waals surface area contributed by atoms with Gasteiger partial charge in [-0.3, -0.25) is 19.0 Å². The van der Waals surface area contributed by atoms with Crippen molar-refractivity contribution < 1.29 is 23.3 Å². The molecule has 1 unspecified atom stereocenters. The maximum atomic E-state index is 14.3. The van der Waals surface area contributed by atoms with Crippen molar-refractivity contribution in [2.24, 2.45) is 0 Å². The van der Waals surface area contributed by atoms with Gasteiger partial charge in [-0.05, 0) is 106 Å². The summed E-state index contributed by atoms with van der Waals surface area (Å²) >= 11 is 0. The molecule has 4 aromatic rings. The van der Waals surface area contributed by atoms with Crippen LogP contribution >= 0.6 is 0 Å². The Morgan fingerprint density at radius 3 is 2.47 bits per heavy atom. The Bertz CT molecular complexity index is 2030. The molecule has 1 saturated heterocycles. The lowest BCUT2D eigenvalue weighted by molar-refractivity contribution is -0.0586. The van der Waals surface area contributed by atoms with Gasteiger partial charge in [-0.2, -0.15) is 5.10 Å². The van der Waals surface area contributed by atoms with Gasteiger partial charge in [0, 0.05) is 46.9 Å². The van der Waals surface area contributed by atoms with Gasteiger partial charge in [0.1, 0.15) is 16.7 Å². The molecule has 3 aliphatic rings. The predicted octanol–water partition coefficient (Wildman–Crippen LogP) is 7.19. The van der Waals surface area contributed by atoms with Crippen LogP contribution in [0.2, 0.25) is 0 Å². The number of benzene rings is 2. The number of fused-ring (bicyclic) bond motifs is 5. The summed E-state index contributed by atoms with van der Waals surface area (Å²) in [4.78, 5) is 29.7. The van der Waals surface area contributed by atoms with Crippen molar-refractivity contribution in [3.05, 3.63) is 70.5 Å². The average Bonchev–Trinajstić information content (AvgIpc) is 3.64.